The Morgan fingerprint density at radius 3 is 2.38 bits per heavy atom. The molecule has 0 unspecified atom stereocenters. The number of nitriles is 1. The van der Waals surface area contributed by atoms with Crippen LogP contribution in [-0.4, -0.2) is 22.3 Å². The average Bonchev–Trinajstić information content (AvgIpc) is 2.74. The van der Waals surface area contributed by atoms with Gasteiger partial charge in [-0.1, -0.05) is 43.9 Å². The van der Waals surface area contributed by atoms with E-state index in [9.17, 15) is 14.9 Å². The molecule has 1 aromatic rings. The summed E-state index contributed by atoms with van der Waals surface area (Å²) < 4.78 is 0. The molecule has 1 aliphatic heterocycles. The van der Waals surface area contributed by atoms with Crippen molar-refractivity contribution >= 4 is 11.8 Å². The largest absolute Gasteiger partial charge is 0.274 e. The number of amides is 2. The van der Waals surface area contributed by atoms with Crippen molar-refractivity contribution in [3.8, 4) is 6.07 Å². The van der Waals surface area contributed by atoms with Crippen LogP contribution in [-0.2, 0) is 11.2 Å². The molecule has 0 saturated heterocycles. The van der Waals surface area contributed by atoms with E-state index in [0.29, 0.717) is 18.4 Å². The van der Waals surface area contributed by atoms with Gasteiger partial charge in [0.1, 0.15) is 5.54 Å². The van der Waals surface area contributed by atoms with Crippen LogP contribution in [0.4, 0.5) is 0 Å². The molecule has 2 aliphatic rings. The number of hydrogen-bond acceptors (Lipinski definition) is 3. The van der Waals surface area contributed by atoms with Crippen LogP contribution in [0.15, 0.2) is 24.3 Å². The van der Waals surface area contributed by atoms with Crippen molar-refractivity contribution in [1.82, 2.24) is 4.90 Å². The van der Waals surface area contributed by atoms with Crippen molar-refractivity contribution in [2.24, 2.45) is 0 Å². The van der Waals surface area contributed by atoms with Gasteiger partial charge >= 0.3 is 0 Å². The fourth-order valence-corrected chi connectivity index (χ4v) is 3.49. The summed E-state index contributed by atoms with van der Waals surface area (Å²) in [6, 6.07) is 9.50. The molecular weight excluding hydrogens is 264 g/mol. The van der Waals surface area contributed by atoms with Crippen LogP contribution in [0.2, 0.25) is 0 Å². The molecule has 2 amide bonds. The van der Waals surface area contributed by atoms with E-state index in [4.69, 9.17) is 0 Å². The molecule has 4 heteroatoms. The number of carbonyl (C=O) groups excluding carboxylic acids is 2. The molecule has 0 bridgehead atoms. The second-order valence-corrected chi connectivity index (χ2v) is 5.93. The maximum Gasteiger partial charge on any atom is 0.262 e. The number of hydrogen-bond donors (Lipinski definition) is 0. The van der Waals surface area contributed by atoms with E-state index in [0.717, 1.165) is 31.2 Å². The molecule has 0 aromatic heterocycles. The minimum atomic E-state index is -0.946. The number of nitrogens with zero attached hydrogens (tertiary/aromatic N) is 2. The first-order chi connectivity index (χ1) is 10.2. The normalized spacial score (nSPS) is 21.4. The van der Waals surface area contributed by atoms with E-state index >= 15 is 0 Å². The zero-order chi connectivity index (χ0) is 14.9. The molecule has 0 spiro atoms. The highest BCUT2D eigenvalue weighted by atomic mass is 16.2. The molecule has 1 aliphatic carbocycles. The first-order valence-corrected chi connectivity index (χ1v) is 7.54. The minimum Gasteiger partial charge on any atom is -0.274 e. The Balaban J connectivity index is 2.03. The van der Waals surface area contributed by atoms with Gasteiger partial charge in [0.05, 0.1) is 12.5 Å². The lowest BCUT2D eigenvalue weighted by Gasteiger charge is -2.39. The van der Waals surface area contributed by atoms with E-state index in [1.807, 2.05) is 12.1 Å². The van der Waals surface area contributed by atoms with Gasteiger partial charge in [-0.2, -0.15) is 5.26 Å². The summed E-state index contributed by atoms with van der Waals surface area (Å²) in [7, 11) is 0. The van der Waals surface area contributed by atoms with Crippen LogP contribution in [0, 0.1) is 11.3 Å². The molecule has 0 radical (unpaired) electrons. The molecule has 21 heavy (non-hydrogen) atoms. The number of imide groups is 1. The highest BCUT2D eigenvalue weighted by Crippen LogP contribution is 2.36. The third-order valence-electron chi connectivity index (χ3n) is 4.61. The standard InChI is InChI=1S/C17H18N2O2/c18-12-17(9-5-1-2-6-10-17)19-15(20)11-13-7-3-4-8-14(13)16(19)21/h3-4,7-8H,1-2,5-6,9-11H2. The van der Waals surface area contributed by atoms with Crippen LogP contribution < -0.4 is 0 Å². The summed E-state index contributed by atoms with van der Waals surface area (Å²) in [6.07, 6.45) is 5.34. The molecule has 0 atom stereocenters. The first-order valence-electron chi connectivity index (χ1n) is 7.54. The Morgan fingerprint density at radius 1 is 1.05 bits per heavy atom. The first kappa shape index (κ1) is 13.8. The van der Waals surface area contributed by atoms with E-state index in [-0.39, 0.29) is 18.2 Å². The Labute approximate surface area is 124 Å². The van der Waals surface area contributed by atoms with E-state index in [1.165, 1.54) is 4.90 Å². The van der Waals surface area contributed by atoms with E-state index in [1.54, 1.807) is 12.1 Å². The molecule has 108 valence electrons. The van der Waals surface area contributed by atoms with Crippen molar-refractivity contribution in [2.75, 3.05) is 0 Å². The topological polar surface area (TPSA) is 61.2 Å². The molecule has 3 rings (SSSR count). The highest BCUT2D eigenvalue weighted by molar-refractivity contribution is 6.10. The summed E-state index contributed by atoms with van der Waals surface area (Å²) in [6.45, 7) is 0. The fourth-order valence-electron chi connectivity index (χ4n) is 3.49. The lowest BCUT2D eigenvalue weighted by atomic mass is 9.86. The van der Waals surface area contributed by atoms with Crippen molar-refractivity contribution in [2.45, 2.75) is 50.5 Å². The van der Waals surface area contributed by atoms with E-state index in [2.05, 4.69) is 6.07 Å². The number of benzene rings is 1. The second-order valence-electron chi connectivity index (χ2n) is 5.93. The minimum absolute atomic E-state index is 0.214. The van der Waals surface area contributed by atoms with Gasteiger partial charge in [-0.15, -0.1) is 0 Å². The monoisotopic (exact) mass is 282 g/mol. The van der Waals surface area contributed by atoms with E-state index < -0.39 is 5.54 Å². The van der Waals surface area contributed by atoms with Crippen molar-refractivity contribution in [3.63, 3.8) is 0 Å². The molecule has 1 aromatic carbocycles. The number of rotatable bonds is 1. The van der Waals surface area contributed by atoms with Gasteiger partial charge in [0.15, 0.2) is 0 Å². The smallest absolute Gasteiger partial charge is 0.262 e. The van der Waals surface area contributed by atoms with Gasteiger partial charge < -0.3 is 0 Å². The molecule has 1 heterocycles. The van der Waals surface area contributed by atoms with Crippen LogP contribution in [0.5, 0.6) is 0 Å². The quantitative estimate of drug-likeness (QED) is 0.588. The summed E-state index contributed by atoms with van der Waals surface area (Å²) in [5.74, 6) is -0.535. The van der Waals surface area contributed by atoms with Crippen LogP contribution in [0.3, 0.4) is 0 Å². The predicted molar refractivity (Wildman–Crippen MR) is 77.4 cm³/mol. The SMILES string of the molecule is N#CC1(N2C(=O)Cc3ccccc3C2=O)CCCCCC1. The van der Waals surface area contributed by atoms with Crippen molar-refractivity contribution < 1.29 is 9.59 Å². The van der Waals surface area contributed by atoms with Crippen LogP contribution in [0.25, 0.3) is 0 Å². The average molecular weight is 282 g/mol. The predicted octanol–water partition coefficient (Wildman–Crippen LogP) is 2.83. The summed E-state index contributed by atoms with van der Waals surface area (Å²) in [4.78, 5) is 26.5. The summed E-state index contributed by atoms with van der Waals surface area (Å²) in [5, 5.41) is 9.71. The van der Waals surface area contributed by atoms with Gasteiger partial charge in [0.25, 0.3) is 5.91 Å². The van der Waals surface area contributed by atoms with Gasteiger partial charge in [-0.05, 0) is 24.5 Å². The molecular formula is C17H18N2O2. The Hall–Kier alpha value is -2.15. The Morgan fingerprint density at radius 2 is 1.71 bits per heavy atom. The molecule has 4 nitrogen and oxygen atoms in total. The Bertz CT molecular complexity index is 622. The van der Waals surface area contributed by atoms with Gasteiger partial charge in [0, 0.05) is 5.56 Å². The zero-order valence-electron chi connectivity index (χ0n) is 12.0. The number of fused-ring (bicyclic) bond motifs is 1. The number of carbonyl (C=O) groups is 2. The molecule has 0 N–H and O–H groups in total. The van der Waals surface area contributed by atoms with Crippen molar-refractivity contribution in [3.05, 3.63) is 35.4 Å². The van der Waals surface area contributed by atoms with Crippen LogP contribution >= 0.6 is 0 Å². The van der Waals surface area contributed by atoms with Crippen LogP contribution in [0.1, 0.15) is 54.4 Å². The maximum absolute atomic E-state index is 12.8. The lowest BCUT2D eigenvalue weighted by Crippen LogP contribution is -2.56. The van der Waals surface area contributed by atoms with Gasteiger partial charge in [0.2, 0.25) is 5.91 Å². The van der Waals surface area contributed by atoms with Gasteiger partial charge in [-0.25, -0.2) is 0 Å². The molecule has 1 fully saturated rings. The highest BCUT2D eigenvalue weighted by Gasteiger charge is 2.46. The summed E-state index contributed by atoms with van der Waals surface area (Å²) in [5.41, 5.74) is 0.388. The summed E-state index contributed by atoms with van der Waals surface area (Å²) >= 11 is 0. The Kier molecular flexibility index (Phi) is 3.50. The van der Waals surface area contributed by atoms with Crippen molar-refractivity contribution in [1.29, 1.82) is 5.26 Å². The zero-order valence-corrected chi connectivity index (χ0v) is 12.0. The maximum atomic E-state index is 12.8. The molecule has 1 saturated carbocycles. The fraction of sp³-hybridized carbons (Fsp3) is 0.471. The second kappa shape index (κ2) is 5.33. The van der Waals surface area contributed by atoms with Gasteiger partial charge in [-0.3, -0.25) is 14.5 Å². The lowest BCUT2D eigenvalue weighted by molar-refractivity contribution is -0.132. The third kappa shape index (κ3) is 2.23. The third-order valence-corrected chi connectivity index (χ3v) is 4.61.